The molecular formula is C21H19BrN4O2. The number of aromatic amines is 1. The summed E-state index contributed by atoms with van der Waals surface area (Å²) in [7, 11) is 3.92. The van der Waals surface area contributed by atoms with Crippen LogP contribution in [0.4, 0.5) is 0 Å². The summed E-state index contributed by atoms with van der Waals surface area (Å²) in [5, 5.41) is 4.28. The molecule has 4 aromatic rings. The van der Waals surface area contributed by atoms with Crippen LogP contribution in [0.2, 0.25) is 0 Å². The molecule has 3 aromatic carbocycles. The number of H-pyrrole nitrogens is 1. The van der Waals surface area contributed by atoms with Crippen LogP contribution in [0.1, 0.15) is 10.4 Å². The van der Waals surface area contributed by atoms with E-state index in [0.29, 0.717) is 33.0 Å². The van der Waals surface area contributed by atoms with E-state index in [1.54, 1.807) is 18.2 Å². The molecule has 0 aliphatic rings. The van der Waals surface area contributed by atoms with Crippen LogP contribution in [0.15, 0.2) is 51.7 Å². The Balaban J connectivity index is 1.90. The second-order valence-electron chi connectivity index (χ2n) is 6.93. The standard InChI is InChI=1S/C21H19BrN4O2/c1-26(2)11-10-23-21(28)14-4-3-5-16-19(14)25-18-12-6-8-15(22)20(27)13(12)7-9-17(18)24-16/h3-9,24H,10-11H2,1-2H3,(H,23,28). The number of carbonyl (C=O) groups excluding carboxylic acids is 1. The normalized spacial score (nSPS) is 11.6. The third kappa shape index (κ3) is 3.27. The Bertz CT molecular complexity index is 1280. The predicted molar refractivity (Wildman–Crippen MR) is 116 cm³/mol. The van der Waals surface area contributed by atoms with Gasteiger partial charge in [0.25, 0.3) is 5.91 Å². The topological polar surface area (TPSA) is 78.1 Å². The maximum atomic E-state index is 12.7. The van der Waals surface area contributed by atoms with Gasteiger partial charge in [-0.2, -0.15) is 0 Å². The summed E-state index contributed by atoms with van der Waals surface area (Å²) >= 11 is 3.29. The molecule has 1 heterocycles. The van der Waals surface area contributed by atoms with Gasteiger partial charge in [-0.15, -0.1) is 0 Å². The van der Waals surface area contributed by atoms with Crippen LogP contribution in [0.5, 0.6) is 0 Å². The largest absolute Gasteiger partial charge is 0.352 e. The number of amides is 1. The molecule has 0 saturated carbocycles. The smallest absolute Gasteiger partial charge is 0.253 e. The Morgan fingerprint density at radius 3 is 2.61 bits per heavy atom. The number of nitrogens with zero attached hydrogens (tertiary/aromatic N) is 2. The summed E-state index contributed by atoms with van der Waals surface area (Å²) in [6, 6.07) is 12.7. The summed E-state index contributed by atoms with van der Waals surface area (Å²) in [6.45, 7) is 1.31. The van der Waals surface area contributed by atoms with Gasteiger partial charge in [0, 0.05) is 23.9 Å². The number of aromatic nitrogens is 2. The molecule has 0 aliphatic heterocycles. The highest BCUT2D eigenvalue weighted by atomic mass is 79.9. The summed E-state index contributed by atoms with van der Waals surface area (Å²) < 4.78 is 0.519. The van der Waals surface area contributed by atoms with Gasteiger partial charge in [0.1, 0.15) is 0 Å². The zero-order valence-corrected chi connectivity index (χ0v) is 17.1. The minimum Gasteiger partial charge on any atom is -0.352 e. The number of likely N-dealkylation sites (N-methyl/N-ethyl adjacent to an activating group) is 1. The molecule has 0 saturated heterocycles. The lowest BCUT2D eigenvalue weighted by atomic mass is 10.1. The fourth-order valence-corrected chi connectivity index (χ4v) is 3.60. The van der Waals surface area contributed by atoms with Gasteiger partial charge in [-0.1, -0.05) is 12.1 Å². The van der Waals surface area contributed by atoms with Crippen LogP contribution in [-0.4, -0.2) is 48.0 Å². The highest BCUT2D eigenvalue weighted by Gasteiger charge is 2.14. The minimum absolute atomic E-state index is 0.0731. The molecular weight excluding hydrogens is 420 g/mol. The zero-order valence-electron chi connectivity index (χ0n) is 15.5. The van der Waals surface area contributed by atoms with E-state index >= 15 is 0 Å². The Morgan fingerprint density at radius 2 is 1.82 bits per heavy atom. The van der Waals surface area contributed by atoms with E-state index in [2.05, 4.69) is 26.2 Å². The molecule has 0 radical (unpaired) electrons. The molecule has 142 valence electrons. The van der Waals surface area contributed by atoms with E-state index in [9.17, 15) is 9.59 Å². The first-order chi connectivity index (χ1) is 13.5. The molecule has 0 fully saturated rings. The number of rotatable bonds is 4. The lowest BCUT2D eigenvalue weighted by Gasteiger charge is -2.12. The molecule has 1 aromatic heterocycles. The van der Waals surface area contributed by atoms with Crippen molar-refractivity contribution in [3.05, 3.63) is 62.7 Å². The van der Waals surface area contributed by atoms with Crippen LogP contribution in [0.25, 0.3) is 32.8 Å². The third-order valence-electron chi connectivity index (χ3n) is 4.69. The van der Waals surface area contributed by atoms with Crippen molar-refractivity contribution in [1.29, 1.82) is 0 Å². The zero-order chi connectivity index (χ0) is 19.8. The number of para-hydroxylation sites is 1. The summed E-state index contributed by atoms with van der Waals surface area (Å²) in [4.78, 5) is 35.3. The molecule has 4 rings (SSSR count). The van der Waals surface area contributed by atoms with Gasteiger partial charge < -0.3 is 15.2 Å². The van der Waals surface area contributed by atoms with Crippen LogP contribution in [0, 0.1) is 0 Å². The number of carbonyl (C=O) groups is 1. The van der Waals surface area contributed by atoms with E-state index in [-0.39, 0.29) is 11.3 Å². The lowest BCUT2D eigenvalue weighted by Crippen LogP contribution is -2.31. The monoisotopic (exact) mass is 438 g/mol. The Labute approximate surface area is 169 Å². The molecule has 0 atom stereocenters. The van der Waals surface area contributed by atoms with Crippen molar-refractivity contribution in [2.45, 2.75) is 0 Å². The van der Waals surface area contributed by atoms with Crippen molar-refractivity contribution in [3.8, 4) is 0 Å². The SMILES string of the molecule is CN(C)CCNC(=O)c1cccc2[nH]c3ccc4c(=O)c(Br)ccc4c3nc12. The van der Waals surface area contributed by atoms with Crippen molar-refractivity contribution in [2.24, 2.45) is 0 Å². The molecule has 6 nitrogen and oxygen atoms in total. The van der Waals surface area contributed by atoms with E-state index in [1.807, 2.05) is 43.3 Å². The van der Waals surface area contributed by atoms with Crippen molar-refractivity contribution in [1.82, 2.24) is 20.2 Å². The number of benzene rings is 3. The van der Waals surface area contributed by atoms with E-state index in [0.717, 1.165) is 23.0 Å². The van der Waals surface area contributed by atoms with Gasteiger partial charge in [0.2, 0.25) is 5.43 Å². The second kappa shape index (κ2) is 7.33. The molecule has 0 spiro atoms. The number of hydrogen-bond donors (Lipinski definition) is 2. The summed E-state index contributed by atoms with van der Waals surface area (Å²) in [5.41, 5.74) is 3.27. The fourth-order valence-electron chi connectivity index (χ4n) is 3.25. The van der Waals surface area contributed by atoms with Gasteiger partial charge in [-0.3, -0.25) is 9.59 Å². The average molecular weight is 439 g/mol. The Hall–Kier alpha value is -2.77. The first-order valence-electron chi connectivity index (χ1n) is 8.92. The number of fused-ring (bicyclic) bond motifs is 4. The van der Waals surface area contributed by atoms with E-state index < -0.39 is 0 Å². The molecule has 0 bridgehead atoms. The number of halogens is 1. The van der Waals surface area contributed by atoms with E-state index in [4.69, 9.17) is 4.98 Å². The number of nitrogens with one attached hydrogen (secondary N) is 2. The maximum Gasteiger partial charge on any atom is 0.253 e. The van der Waals surface area contributed by atoms with Crippen LogP contribution >= 0.6 is 15.9 Å². The quantitative estimate of drug-likeness (QED) is 0.378. The van der Waals surface area contributed by atoms with Gasteiger partial charge in [-0.25, -0.2) is 4.98 Å². The van der Waals surface area contributed by atoms with Crippen molar-refractivity contribution in [3.63, 3.8) is 0 Å². The maximum absolute atomic E-state index is 12.7. The average Bonchev–Trinajstić information content (AvgIpc) is 2.68. The number of hydrogen-bond acceptors (Lipinski definition) is 4. The molecule has 2 N–H and O–H groups in total. The summed E-state index contributed by atoms with van der Waals surface area (Å²) in [5.74, 6) is -0.166. The van der Waals surface area contributed by atoms with Gasteiger partial charge in [0.05, 0.1) is 32.1 Å². The predicted octanol–water partition coefficient (Wildman–Crippen LogP) is 3.28. The van der Waals surface area contributed by atoms with E-state index in [1.165, 1.54) is 0 Å². The van der Waals surface area contributed by atoms with Crippen LogP contribution < -0.4 is 10.7 Å². The first kappa shape index (κ1) is 18.6. The lowest BCUT2D eigenvalue weighted by molar-refractivity contribution is 0.0952. The van der Waals surface area contributed by atoms with Crippen molar-refractivity contribution < 1.29 is 4.79 Å². The molecule has 1 amide bonds. The van der Waals surface area contributed by atoms with Gasteiger partial charge in [-0.05, 0) is 60.4 Å². The van der Waals surface area contributed by atoms with Crippen molar-refractivity contribution >= 4 is 54.7 Å². The molecule has 0 unspecified atom stereocenters. The molecule has 0 aliphatic carbocycles. The Kier molecular flexibility index (Phi) is 4.87. The summed E-state index contributed by atoms with van der Waals surface area (Å²) in [6.07, 6.45) is 0. The van der Waals surface area contributed by atoms with Gasteiger partial charge in [0.15, 0.2) is 0 Å². The second-order valence-corrected chi connectivity index (χ2v) is 7.79. The minimum atomic E-state index is -0.166. The van der Waals surface area contributed by atoms with Gasteiger partial charge >= 0.3 is 0 Å². The highest BCUT2D eigenvalue weighted by molar-refractivity contribution is 9.10. The highest BCUT2D eigenvalue weighted by Crippen LogP contribution is 2.25. The fraction of sp³-hybridized carbons (Fsp3) is 0.190. The third-order valence-corrected chi connectivity index (χ3v) is 5.32. The first-order valence-corrected chi connectivity index (χ1v) is 9.72. The Morgan fingerprint density at radius 1 is 1.07 bits per heavy atom. The van der Waals surface area contributed by atoms with Crippen LogP contribution in [0.3, 0.4) is 0 Å². The van der Waals surface area contributed by atoms with Crippen LogP contribution in [-0.2, 0) is 0 Å². The van der Waals surface area contributed by atoms with Crippen molar-refractivity contribution in [2.75, 3.05) is 27.2 Å². The molecule has 7 heteroatoms. The molecule has 28 heavy (non-hydrogen) atoms.